The van der Waals surface area contributed by atoms with Crippen LogP contribution in [0.5, 0.6) is 0 Å². The van der Waals surface area contributed by atoms with Gasteiger partial charge in [0.25, 0.3) is 0 Å². The summed E-state index contributed by atoms with van der Waals surface area (Å²) in [6, 6.07) is 7.28. The first-order valence-corrected chi connectivity index (χ1v) is 5.03. The van der Waals surface area contributed by atoms with Crippen LogP contribution in [0, 0.1) is 5.82 Å². The van der Waals surface area contributed by atoms with Gasteiger partial charge in [-0.1, -0.05) is 12.1 Å². The molecule has 1 fully saturated rings. The third kappa shape index (κ3) is 2.53. The van der Waals surface area contributed by atoms with Gasteiger partial charge >= 0.3 is 0 Å². The van der Waals surface area contributed by atoms with Crippen molar-refractivity contribution >= 4 is 0 Å². The van der Waals surface area contributed by atoms with E-state index in [1.165, 1.54) is 6.07 Å². The van der Waals surface area contributed by atoms with Crippen LogP contribution < -0.4 is 10.6 Å². The van der Waals surface area contributed by atoms with Gasteiger partial charge in [-0.2, -0.15) is 0 Å². The molecule has 14 heavy (non-hydrogen) atoms. The van der Waals surface area contributed by atoms with Crippen LogP contribution >= 0.6 is 0 Å². The fourth-order valence-electron chi connectivity index (χ4n) is 1.74. The van der Waals surface area contributed by atoms with Gasteiger partial charge in [0.2, 0.25) is 0 Å². The lowest BCUT2D eigenvalue weighted by Gasteiger charge is -2.10. The van der Waals surface area contributed by atoms with Crippen LogP contribution in [0.15, 0.2) is 24.3 Å². The van der Waals surface area contributed by atoms with E-state index in [0.717, 1.165) is 31.6 Å². The second-order valence-corrected chi connectivity index (χ2v) is 3.70. The smallest absolute Gasteiger partial charge is 0.123 e. The standard InChI is InChI=1S/C11H15FN2/c12-10-3-1-2-9(6-10)7-14-11-4-5-13-8-11/h1-3,6,11,13-14H,4-5,7-8H2. The molecule has 76 valence electrons. The van der Waals surface area contributed by atoms with Crippen molar-refractivity contribution in [1.29, 1.82) is 0 Å². The molecule has 3 heteroatoms. The third-order valence-corrected chi connectivity index (χ3v) is 2.54. The molecule has 2 N–H and O–H groups in total. The average molecular weight is 194 g/mol. The van der Waals surface area contributed by atoms with Gasteiger partial charge < -0.3 is 10.6 Å². The second-order valence-electron chi connectivity index (χ2n) is 3.70. The van der Waals surface area contributed by atoms with Gasteiger partial charge in [0.05, 0.1) is 0 Å². The first kappa shape index (κ1) is 9.62. The van der Waals surface area contributed by atoms with Gasteiger partial charge in [0.15, 0.2) is 0 Å². The molecule has 1 saturated heterocycles. The summed E-state index contributed by atoms with van der Waals surface area (Å²) in [5.41, 5.74) is 1.01. The molecule has 0 bridgehead atoms. The fourth-order valence-corrected chi connectivity index (χ4v) is 1.74. The van der Waals surface area contributed by atoms with E-state index in [1.807, 2.05) is 6.07 Å². The molecule has 1 unspecified atom stereocenters. The zero-order valence-electron chi connectivity index (χ0n) is 8.09. The fraction of sp³-hybridized carbons (Fsp3) is 0.455. The normalized spacial score (nSPS) is 21.4. The summed E-state index contributed by atoms with van der Waals surface area (Å²) in [6.45, 7) is 2.86. The molecule has 0 aliphatic carbocycles. The Morgan fingerprint density at radius 1 is 1.50 bits per heavy atom. The number of halogens is 1. The molecule has 0 aromatic heterocycles. The molecule has 0 amide bonds. The summed E-state index contributed by atoms with van der Waals surface area (Å²) in [5, 5.41) is 6.68. The predicted octanol–water partition coefficient (Wildman–Crippen LogP) is 1.28. The molecule has 0 saturated carbocycles. The Balaban J connectivity index is 1.85. The van der Waals surface area contributed by atoms with Gasteiger partial charge in [-0.05, 0) is 30.7 Å². The minimum atomic E-state index is -0.158. The largest absolute Gasteiger partial charge is 0.315 e. The molecular weight excluding hydrogens is 179 g/mol. The van der Waals surface area contributed by atoms with Crippen LogP contribution in [-0.4, -0.2) is 19.1 Å². The number of benzene rings is 1. The topological polar surface area (TPSA) is 24.1 Å². The maximum atomic E-state index is 12.8. The van der Waals surface area contributed by atoms with Crippen molar-refractivity contribution < 1.29 is 4.39 Å². The average Bonchev–Trinajstić information content (AvgIpc) is 2.67. The zero-order valence-corrected chi connectivity index (χ0v) is 8.09. The quantitative estimate of drug-likeness (QED) is 0.757. The molecular formula is C11H15FN2. The predicted molar refractivity (Wildman–Crippen MR) is 54.5 cm³/mol. The summed E-state index contributed by atoms with van der Waals surface area (Å²) in [5.74, 6) is -0.158. The summed E-state index contributed by atoms with van der Waals surface area (Å²) in [4.78, 5) is 0. The van der Waals surface area contributed by atoms with Crippen LogP contribution in [0.3, 0.4) is 0 Å². The Labute approximate surface area is 83.5 Å². The van der Waals surface area contributed by atoms with Gasteiger partial charge in [-0.3, -0.25) is 0 Å². The van der Waals surface area contributed by atoms with Crippen LogP contribution in [0.1, 0.15) is 12.0 Å². The number of hydrogen-bond acceptors (Lipinski definition) is 2. The Hall–Kier alpha value is -0.930. The van der Waals surface area contributed by atoms with Gasteiger partial charge in [-0.15, -0.1) is 0 Å². The Morgan fingerprint density at radius 3 is 3.14 bits per heavy atom. The van der Waals surface area contributed by atoms with Gasteiger partial charge in [-0.25, -0.2) is 4.39 Å². The van der Waals surface area contributed by atoms with E-state index < -0.39 is 0 Å². The number of hydrogen-bond donors (Lipinski definition) is 2. The summed E-state index contributed by atoms with van der Waals surface area (Å²) < 4.78 is 12.8. The highest BCUT2D eigenvalue weighted by Gasteiger charge is 2.12. The van der Waals surface area contributed by atoms with Gasteiger partial charge in [0.1, 0.15) is 5.82 Å². The molecule has 1 aromatic rings. The first-order valence-electron chi connectivity index (χ1n) is 5.03. The Morgan fingerprint density at radius 2 is 2.43 bits per heavy atom. The molecule has 1 aliphatic heterocycles. The highest BCUT2D eigenvalue weighted by atomic mass is 19.1. The van der Waals surface area contributed by atoms with E-state index in [9.17, 15) is 4.39 Å². The van der Waals surface area contributed by atoms with E-state index in [1.54, 1.807) is 12.1 Å². The number of rotatable bonds is 3. The zero-order chi connectivity index (χ0) is 9.80. The maximum absolute atomic E-state index is 12.8. The third-order valence-electron chi connectivity index (χ3n) is 2.54. The molecule has 0 spiro atoms. The molecule has 1 heterocycles. The Bertz CT molecular complexity index is 295. The minimum absolute atomic E-state index is 0.158. The van der Waals surface area contributed by atoms with Crippen molar-refractivity contribution in [3.8, 4) is 0 Å². The lowest BCUT2D eigenvalue weighted by Crippen LogP contribution is -2.30. The molecule has 1 aliphatic rings. The van der Waals surface area contributed by atoms with E-state index in [-0.39, 0.29) is 5.82 Å². The summed E-state index contributed by atoms with van der Waals surface area (Å²) >= 11 is 0. The molecule has 1 atom stereocenters. The highest BCUT2D eigenvalue weighted by Crippen LogP contribution is 2.04. The van der Waals surface area contributed by atoms with Crippen molar-refractivity contribution in [3.63, 3.8) is 0 Å². The van der Waals surface area contributed by atoms with E-state index >= 15 is 0 Å². The monoisotopic (exact) mass is 194 g/mol. The van der Waals surface area contributed by atoms with Crippen LogP contribution in [0.25, 0.3) is 0 Å². The van der Waals surface area contributed by atoms with E-state index in [2.05, 4.69) is 10.6 Å². The second kappa shape index (κ2) is 4.53. The van der Waals surface area contributed by atoms with Crippen molar-refractivity contribution in [2.24, 2.45) is 0 Å². The highest BCUT2D eigenvalue weighted by molar-refractivity contribution is 5.16. The van der Waals surface area contributed by atoms with Gasteiger partial charge in [0, 0.05) is 19.1 Å². The van der Waals surface area contributed by atoms with E-state index in [4.69, 9.17) is 0 Å². The molecule has 2 nitrogen and oxygen atoms in total. The lowest BCUT2D eigenvalue weighted by atomic mass is 10.2. The Kier molecular flexibility index (Phi) is 3.11. The number of nitrogens with one attached hydrogen (secondary N) is 2. The van der Waals surface area contributed by atoms with Crippen LogP contribution in [0.2, 0.25) is 0 Å². The van der Waals surface area contributed by atoms with Crippen molar-refractivity contribution in [1.82, 2.24) is 10.6 Å². The molecule has 1 aromatic carbocycles. The van der Waals surface area contributed by atoms with Crippen molar-refractivity contribution in [2.75, 3.05) is 13.1 Å². The van der Waals surface area contributed by atoms with E-state index in [0.29, 0.717) is 6.04 Å². The van der Waals surface area contributed by atoms with Crippen molar-refractivity contribution in [2.45, 2.75) is 19.0 Å². The van der Waals surface area contributed by atoms with Crippen LogP contribution in [-0.2, 0) is 6.54 Å². The van der Waals surface area contributed by atoms with Crippen LogP contribution in [0.4, 0.5) is 4.39 Å². The lowest BCUT2D eigenvalue weighted by molar-refractivity contribution is 0.544. The summed E-state index contributed by atoms with van der Waals surface area (Å²) in [6.07, 6.45) is 1.16. The van der Waals surface area contributed by atoms with Crippen molar-refractivity contribution in [3.05, 3.63) is 35.6 Å². The maximum Gasteiger partial charge on any atom is 0.123 e. The molecule has 0 radical (unpaired) electrons. The first-order chi connectivity index (χ1) is 6.84. The minimum Gasteiger partial charge on any atom is -0.315 e. The SMILES string of the molecule is Fc1cccc(CNC2CCNC2)c1. The molecule has 2 rings (SSSR count). The summed E-state index contributed by atoms with van der Waals surface area (Å²) in [7, 11) is 0.